The highest BCUT2D eigenvalue weighted by atomic mass is 19.1. The van der Waals surface area contributed by atoms with Crippen LogP contribution in [0.25, 0.3) is 0 Å². The molecule has 1 atom stereocenters. The number of rotatable bonds is 7. The van der Waals surface area contributed by atoms with Crippen LogP contribution in [-0.4, -0.2) is 66.3 Å². The molecule has 184 valence electrons. The Balaban J connectivity index is 1.50. The van der Waals surface area contributed by atoms with Gasteiger partial charge in [0.25, 0.3) is 0 Å². The van der Waals surface area contributed by atoms with Crippen molar-refractivity contribution in [2.75, 3.05) is 43.6 Å². The maximum atomic E-state index is 14.0. The molecule has 10 heteroatoms. The van der Waals surface area contributed by atoms with Crippen LogP contribution >= 0.6 is 0 Å². The van der Waals surface area contributed by atoms with Crippen molar-refractivity contribution < 1.29 is 23.0 Å². The molecule has 4 rings (SSSR count). The Morgan fingerprint density at radius 3 is 2.65 bits per heavy atom. The summed E-state index contributed by atoms with van der Waals surface area (Å²) in [7, 11) is 1.65. The van der Waals surface area contributed by atoms with Gasteiger partial charge in [0.1, 0.15) is 11.9 Å². The lowest BCUT2D eigenvalue weighted by atomic mass is 10.1. The van der Waals surface area contributed by atoms with Gasteiger partial charge < -0.3 is 24.6 Å². The summed E-state index contributed by atoms with van der Waals surface area (Å²) in [4.78, 5) is 25.6. The number of benzene rings is 1. The van der Waals surface area contributed by atoms with Crippen LogP contribution in [0.2, 0.25) is 0 Å². The fourth-order valence-corrected chi connectivity index (χ4v) is 4.37. The Hall–Kier alpha value is -3.01. The molecule has 1 saturated heterocycles. The van der Waals surface area contributed by atoms with Crippen LogP contribution in [0.15, 0.2) is 18.2 Å². The highest BCUT2D eigenvalue weighted by Crippen LogP contribution is 2.30. The number of piperidine rings is 1. The number of halogens is 2. The molecule has 34 heavy (non-hydrogen) atoms. The van der Waals surface area contributed by atoms with Crippen molar-refractivity contribution in [1.29, 1.82) is 0 Å². The molecule has 1 fully saturated rings. The number of carbonyl (C=O) groups excluding carboxylic acids is 1. The summed E-state index contributed by atoms with van der Waals surface area (Å²) in [6.45, 7) is 6.48. The first-order chi connectivity index (χ1) is 16.3. The zero-order chi connectivity index (χ0) is 24.2. The number of anilines is 2. The number of nitrogens with one attached hydrogen (secondary N) is 1. The van der Waals surface area contributed by atoms with E-state index >= 15 is 0 Å². The molecular weight excluding hydrogens is 444 g/mol. The third kappa shape index (κ3) is 5.55. The fourth-order valence-electron chi connectivity index (χ4n) is 4.37. The molecule has 1 N–H and O–H groups in total. The summed E-state index contributed by atoms with van der Waals surface area (Å²) in [5, 5.41) is 3.41. The molecular formula is C24H31F2N5O3. The molecule has 1 aromatic heterocycles. The molecule has 0 spiro atoms. The average Bonchev–Trinajstić information content (AvgIpc) is 2.81. The van der Waals surface area contributed by atoms with E-state index in [4.69, 9.17) is 19.4 Å². The van der Waals surface area contributed by atoms with Gasteiger partial charge in [-0.25, -0.2) is 18.7 Å². The van der Waals surface area contributed by atoms with Gasteiger partial charge in [0.15, 0.2) is 23.2 Å². The van der Waals surface area contributed by atoms with Crippen LogP contribution in [0, 0.1) is 11.6 Å². The van der Waals surface area contributed by atoms with Crippen molar-refractivity contribution in [3.63, 3.8) is 0 Å². The highest BCUT2D eigenvalue weighted by Gasteiger charge is 2.28. The Kier molecular flexibility index (Phi) is 7.45. The van der Waals surface area contributed by atoms with Gasteiger partial charge in [0.2, 0.25) is 5.91 Å². The number of hydrogen-bond donors (Lipinski definition) is 1. The van der Waals surface area contributed by atoms with Crippen molar-refractivity contribution in [2.45, 2.75) is 51.8 Å². The molecule has 2 aliphatic rings. The predicted molar refractivity (Wildman–Crippen MR) is 124 cm³/mol. The monoisotopic (exact) mass is 475 g/mol. The molecule has 3 heterocycles. The number of hydrogen-bond acceptors (Lipinski definition) is 7. The van der Waals surface area contributed by atoms with Gasteiger partial charge in [-0.15, -0.1) is 0 Å². The van der Waals surface area contributed by atoms with E-state index in [0.717, 1.165) is 23.3 Å². The van der Waals surface area contributed by atoms with Crippen LogP contribution in [0.3, 0.4) is 0 Å². The van der Waals surface area contributed by atoms with E-state index in [2.05, 4.69) is 10.2 Å². The second kappa shape index (κ2) is 10.5. The normalized spacial score (nSPS) is 17.3. The Bertz CT molecular complexity index is 1030. The molecule has 0 aliphatic carbocycles. The molecule has 1 amide bonds. The van der Waals surface area contributed by atoms with Crippen LogP contribution in [0.4, 0.5) is 20.4 Å². The maximum Gasteiger partial charge on any atom is 0.219 e. The van der Waals surface area contributed by atoms with Gasteiger partial charge in [-0.05, 0) is 19.1 Å². The topological polar surface area (TPSA) is 79.8 Å². The maximum absolute atomic E-state index is 14.0. The molecule has 2 aromatic rings. The van der Waals surface area contributed by atoms with Gasteiger partial charge in [-0.1, -0.05) is 0 Å². The average molecular weight is 476 g/mol. The van der Waals surface area contributed by atoms with E-state index in [1.807, 2.05) is 6.92 Å². The lowest BCUT2D eigenvalue weighted by molar-refractivity contribution is -0.129. The first-order valence-electron chi connectivity index (χ1n) is 11.6. The SMILES string of the molecule is COC[C@@H](C)Nc1nc2c(nc1N1CCC(Oc3ccc(F)cc3F)CC1)CCN(C(C)=O)C2. The number of fused-ring (bicyclic) bond motifs is 1. The van der Waals surface area contributed by atoms with Crippen LogP contribution in [0.1, 0.15) is 38.1 Å². The zero-order valence-electron chi connectivity index (χ0n) is 19.8. The van der Waals surface area contributed by atoms with E-state index in [0.29, 0.717) is 57.9 Å². The number of amides is 1. The lowest BCUT2D eigenvalue weighted by Gasteiger charge is -2.35. The number of nitrogens with zero attached hydrogens (tertiary/aromatic N) is 4. The van der Waals surface area contributed by atoms with E-state index in [9.17, 15) is 13.6 Å². The van der Waals surface area contributed by atoms with Gasteiger partial charge in [0, 0.05) is 65.0 Å². The third-order valence-electron chi connectivity index (χ3n) is 6.17. The number of carbonyl (C=O) groups is 1. The minimum absolute atomic E-state index is 0.0194. The summed E-state index contributed by atoms with van der Waals surface area (Å²) in [5.41, 5.74) is 1.71. The molecule has 0 unspecified atom stereocenters. The van der Waals surface area contributed by atoms with Crippen molar-refractivity contribution in [3.05, 3.63) is 41.2 Å². The highest BCUT2D eigenvalue weighted by molar-refractivity contribution is 5.73. The van der Waals surface area contributed by atoms with E-state index in [1.165, 1.54) is 12.1 Å². The number of aromatic nitrogens is 2. The fraction of sp³-hybridized carbons (Fsp3) is 0.542. The number of ether oxygens (including phenoxy) is 2. The molecule has 0 radical (unpaired) electrons. The molecule has 0 bridgehead atoms. The number of methoxy groups -OCH3 is 1. The molecule has 1 aromatic carbocycles. The second-order valence-electron chi connectivity index (χ2n) is 8.86. The Morgan fingerprint density at radius 2 is 1.97 bits per heavy atom. The van der Waals surface area contributed by atoms with Gasteiger partial charge in [-0.3, -0.25) is 4.79 Å². The van der Waals surface area contributed by atoms with Crippen LogP contribution < -0.4 is 15.0 Å². The van der Waals surface area contributed by atoms with Gasteiger partial charge >= 0.3 is 0 Å². The minimum Gasteiger partial charge on any atom is -0.487 e. The standard InChI is InChI=1S/C24H31F2N5O3/c1-15(14-33-3)27-23-24(29-20-8-11-31(16(2)32)13-21(20)28-23)30-9-6-18(7-10-30)34-22-5-4-17(25)12-19(22)26/h4-5,12,15,18H,6-11,13-14H2,1-3H3,(H,27,28)/t15-/m1/s1. The summed E-state index contributed by atoms with van der Waals surface area (Å²) in [6, 6.07) is 3.38. The Labute approximate surface area is 198 Å². The van der Waals surface area contributed by atoms with Crippen LogP contribution in [0.5, 0.6) is 5.75 Å². The van der Waals surface area contributed by atoms with Crippen molar-refractivity contribution in [3.8, 4) is 5.75 Å². The summed E-state index contributed by atoms with van der Waals surface area (Å²) < 4.78 is 38.2. The third-order valence-corrected chi connectivity index (χ3v) is 6.17. The van der Waals surface area contributed by atoms with Crippen molar-refractivity contribution in [1.82, 2.24) is 14.9 Å². The molecule has 0 saturated carbocycles. The van der Waals surface area contributed by atoms with Crippen LogP contribution in [-0.2, 0) is 22.5 Å². The quantitative estimate of drug-likeness (QED) is 0.659. The summed E-state index contributed by atoms with van der Waals surface area (Å²) in [5.74, 6) is 0.209. The van der Waals surface area contributed by atoms with Gasteiger partial charge in [-0.2, -0.15) is 0 Å². The zero-order valence-corrected chi connectivity index (χ0v) is 19.8. The second-order valence-corrected chi connectivity index (χ2v) is 8.86. The first-order valence-corrected chi connectivity index (χ1v) is 11.6. The largest absolute Gasteiger partial charge is 0.487 e. The van der Waals surface area contributed by atoms with Crippen molar-refractivity contribution >= 4 is 17.5 Å². The lowest BCUT2D eigenvalue weighted by Crippen LogP contribution is -2.41. The van der Waals surface area contributed by atoms with Gasteiger partial charge in [0.05, 0.1) is 24.5 Å². The molecule has 8 nitrogen and oxygen atoms in total. The minimum atomic E-state index is -0.693. The van der Waals surface area contributed by atoms with E-state index < -0.39 is 11.6 Å². The summed E-state index contributed by atoms with van der Waals surface area (Å²) in [6.07, 6.45) is 1.82. The Morgan fingerprint density at radius 1 is 1.21 bits per heavy atom. The molecule has 2 aliphatic heterocycles. The van der Waals surface area contributed by atoms with E-state index in [1.54, 1.807) is 18.9 Å². The predicted octanol–water partition coefficient (Wildman–Crippen LogP) is 3.15. The smallest absolute Gasteiger partial charge is 0.219 e. The summed E-state index contributed by atoms with van der Waals surface area (Å²) >= 11 is 0. The first kappa shape index (κ1) is 24.1. The van der Waals surface area contributed by atoms with Crippen molar-refractivity contribution in [2.24, 2.45) is 0 Å². The van der Waals surface area contributed by atoms with E-state index in [-0.39, 0.29) is 23.8 Å².